The molecular formula is C14H15F3N2O3S. The van der Waals surface area contributed by atoms with E-state index >= 15 is 0 Å². The second-order valence-electron chi connectivity index (χ2n) is 4.84. The summed E-state index contributed by atoms with van der Waals surface area (Å²) in [5.74, 6) is -0.322. The van der Waals surface area contributed by atoms with Crippen molar-refractivity contribution in [2.75, 3.05) is 6.54 Å². The van der Waals surface area contributed by atoms with Gasteiger partial charge in [0.25, 0.3) is 0 Å². The summed E-state index contributed by atoms with van der Waals surface area (Å²) in [5.41, 5.74) is 2.12. The highest BCUT2D eigenvalue weighted by Crippen LogP contribution is 2.29. The van der Waals surface area contributed by atoms with E-state index in [4.69, 9.17) is 0 Å². The lowest BCUT2D eigenvalue weighted by atomic mass is 10.1. The summed E-state index contributed by atoms with van der Waals surface area (Å²) in [6, 6.07) is 3.99. The topological polar surface area (TPSA) is 71.2 Å². The number of hydrogen-bond acceptors (Lipinski definition) is 3. The Kier molecular flexibility index (Phi) is 4.71. The third-order valence-corrected chi connectivity index (χ3v) is 4.27. The Morgan fingerprint density at radius 1 is 1.39 bits per heavy atom. The second-order valence-corrected chi connectivity index (χ2v) is 6.55. The quantitative estimate of drug-likeness (QED) is 0.843. The normalized spacial score (nSPS) is 12.5. The van der Waals surface area contributed by atoms with Gasteiger partial charge in [-0.3, -0.25) is 0 Å². The molecule has 2 aromatic rings. The van der Waals surface area contributed by atoms with E-state index in [2.05, 4.69) is 21.0 Å². The summed E-state index contributed by atoms with van der Waals surface area (Å²) in [4.78, 5) is 3.04. The molecule has 1 heterocycles. The Morgan fingerprint density at radius 2 is 2.09 bits per heavy atom. The number of benzene rings is 1. The van der Waals surface area contributed by atoms with Crippen LogP contribution in [-0.2, 0) is 16.4 Å². The van der Waals surface area contributed by atoms with Gasteiger partial charge in [-0.2, -0.15) is 0 Å². The molecule has 9 heteroatoms. The van der Waals surface area contributed by atoms with Crippen LogP contribution in [0.2, 0.25) is 0 Å². The minimum absolute atomic E-state index is 0.104. The zero-order valence-corrected chi connectivity index (χ0v) is 13.0. The van der Waals surface area contributed by atoms with Crippen LogP contribution < -0.4 is 9.46 Å². The third-order valence-electron chi connectivity index (χ3n) is 3.22. The lowest BCUT2D eigenvalue weighted by Gasteiger charge is -2.09. The Labute approximate surface area is 131 Å². The summed E-state index contributed by atoms with van der Waals surface area (Å²) >= 11 is 0. The van der Waals surface area contributed by atoms with Gasteiger partial charge in [0, 0.05) is 28.5 Å². The molecule has 0 saturated carbocycles. The zero-order chi connectivity index (χ0) is 17.3. The number of nitrogens with one attached hydrogen (secondary N) is 2. The number of hydrogen-bond donors (Lipinski definition) is 2. The summed E-state index contributed by atoms with van der Waals surface area (Å²) < 4.78 is 65.8. The van der Waals surface area contributed by atoms with E-state index in [0.717, 1.165) is 16.7 Å². The monoisotopic (exact) mass is 348 g/mol. The number of H-pyrrole nitrogens is 1. The van der Waals surface area contributed by atoms with Gasteiger partial charge < -0.3 is 9.72 Å². The minimum atomic E-state index is -4.77. The number of ether oxygens (including phenoxy) is 1. The van der Waals surface area contributed by atoms with Gasteiger partial charge >= 0.3 is 6.36 Å². The van der Waals surface area contributed by atoms with Gasteiger partial charge in [0.05, 0.1) is 0 Å². The first kappa shape index (κ1) is 17.4. The highest BCUT2D eigenvalue weighted by molar-refractivity contribution is 7.92. The molecule has 2 N–H and O–H groups in total. The summed E-state index contributed by atoms with van der Waals surface area (Å²) in [7, 11) is -3.54. The molecule has 0 atom stereocenters. The number of alkyl halides is 3. The standard InChI is InChI=1S/C14H15F3N2O3S/c1-3-23(20,21)18-7-6-11-9(2)19-13-5-4-10(8-12(11)13)22-14(15,16)17/h3-5,8,18-19H,1,6-7H2,2H3. The van der Waals surface area contributed by atoms with Gasteiger partial charge in [0.1, 0.15) is 5.75 Å². The van der Waals surface area contributed by atoms with Crippen LogP contribution in [0.3, 0.4) is 0 Å². The van der Waals surface area contributed by atoms with Gasteiger partial charge in [0.15, 0.2) is 0 Å². The van der Waals surface area contributed by atoms with Crippen LogP contribution in [0, 0.1) is 6.92 Å². The van der Waals surface area contributed by atoms with Crippen molar-refractivity contribution in [1.82, 2.24) is 9.71 Å². The molecule has 0 aliphatic carbocycles. The van der Waals surface area contributed by atoms with Gasteiger partial charge in [-0.1, -0.05) is 6.58 Å². The highest BCUT2D eigenvalue weighted by Gasteiger charge is 2.31. The number of aromatic nitrogens is 1. The molecule has 0 saturated heterocycles. The fourth-order valence-corrected chi connectivity index (χ4v) is 2.76. The Morgan fingerprint density at radius 3 is 2.70 bits per heavy atom. The predicted octanol–water partition coefficient (Wildman–Crippen LogP) is 2.98. The Balaban J connectivity index is 2.26. The largest absolute Gasteiger partial charge is 0.573 e. The van der Waals surface area contributed by atoms with Crippen LogP contribution in [0.25, 0.3) is 10.9 Å². The Hall–Kier alpha value is -2.00. The number of aromatic amines is 1. The van der Waals surface area contributed by atoms with Crippen molar-refractivity contribution in [2.45, 2.75) is 19.7 Å². The average molecular weight is 348 g/mol. The van der Waals surface area contributed by atoms with Crippen molar-refractivity contribution >= 4 is 20.9 Å². The van der Waals surface area contributed by atoms with Crippen molar-refractivity contribution in [3.63, 3.8) is 0 Å². The predicted molar refractivity (Wildman–Crippen MR) is 80.5 cm³/mol. The van der Waals surface area contributed by atoms with Gasteiger partial charge in [0.2, 0.25) is 10.0 Å². The molecule has 5 nitrogen and oxygen atoms in total. The summed E-state index contributed by atoms with van der Waals surface area (Å²) in [5, 5.41) is 1.35. The van der Waals surface area contributed by atoms with E-state index < -0.39 is 16.4 Å². The molecule has 126 valence electrons. The number of sulfonamides is 1. The maximum atomic E-state index is 12.3. The molecule has 1 aromatic heterocycles. The second kappa shape index (κ2) is 6.25. The van der Waals surface area contributed by atoms with Crippen LogP contribution in [-0.4, -0.2) is 26.3 Å². The van der Waals surface area contributed by atoms with Crippen molar-refractivity contribution in [3.8, 4) is 5.75 Å². The van der Waals surface area contributed by atoms with Crippen LogP contribution in [0.15, 0.2) is 30.2 Å². The lowest BCUT2D eigenvalue weighted by Crippen LogP contribution is -2.23. The number of halogens is 3. The van der Waals surface area contributed by atoms with E-state index in [0.29, 0.717) is 17.3 Å². The first-order valence-electron chi connectivity index (χ1n) is 6.60. The van der Waals surface area contributed by atoms with E-state index in [1.165, 1.54) is 18.2 Å². The van der Waals surface area contributed by atoms with Crippen LogP contribution in [0.4, 0.5) is 13.2 Å². The molecule has 0 fully saturated rings. The molecule has 23 heavy (non-hydrogen) atoms. The van der Waals surface area contributed by atoms with E-state index in [-0.39, 0.29) is 12.3 Å². The van der Waals surface area contributed by atoms with Crippen molar-refractivity contribution < 1.29 is 26.3 Å². The van der Waals surface area contributed by atoms with Crippen molar-refractivity contribution in [2.24, 2.45) is 0 Å². The van der Waals surface area contributed by atoms with Gasteiger partial charge in [-0.25, -0.2) is 13.1 Å². The molecular weight excluding hydrogens is 333 g/mol. The van der Waals surface area contributed by atoms with Crippen LogP contribution in [0.1, 0.15) is 11.3 Å². The van der Waals surface area contributed by atoms with Crippen molar-refractivity contribution in [3.05, 3.63) is 41.4 Å². The van der Waals surface area contributed by atoms with E-state index in [9.17, 15) is 21.6 Å². The molecule has 1 aromatic carbocycles. The molecule has 0 amide bonds. The minimum Gasteiger partial charge on any atom is -0.406 e. The number of fused-ring (bicyclic) bond motifs is 1. The molecule has 2 rings (SSSR count). The van der Waals surface area contributed by atoms with E-state index in [1.54, 1.807) is 6.92 Å². The average Bonchev–Trinajstić information content (AvgIpc) is 2.73. The van der Waals surface area contributed by atoms with Gasteiger partial charge in [-0.05, 0) is 37.1 Å². The maximum Gasteiger partial charge on any atom is 0.573 e. The molecule has 0 bridgehead atoms. The fourth-order valence-electron chi connectivity index (χ4n) is 2.26. The summed E-state index contributed by atoms with van der Waals surface area (Å²) in [6.45, 7) is 5.05. The molecule has 0 aliphatic heterocycles. The fraction of sp³-hybridized carbons (Fsp3) is 0.286. The highest BCUT2D eigenvalue weighted by atomic mass is 32.2. The maximum absolute atomic E-state index is 12.3. The number of aryl methyl sites for hydroxylation is 1. The zero-order valence-electron chi connectivity index (χ0n) is 12.2. The SMILES string of the molecule is C=CS(=O)(=O)NCCc1c(C)[nH]c2ccc(OC(F)(F)F)cc12. The van der Waals surface area contributed by atoms with E-state index in [1.807, 2.05) is 0 Å². The first-order chi connectivity index (χ1) is 10.6. The van der Waals surface area contributed by atoms with Gasteiger partial charge in [-0.15, -0.1) is 13.2 Å². The smallest absolute Gasteiger partial charge is 0.406 e. The molecule has 0 spiro atoms. The molecule has 0 aliphatic rings. The molecule has 0 radical (unpaired) electrons. The summed E-state index contributed by atoms with van der Waals surface area (Å²) in [6.07, 6.45) is -4.45. The Bertz CT molecular complexity index is 826. The van der Waals surface area contributed by atoms with Crippen LogP contribution >= 0.6 is 0 Å². The van der Waals surface area contributed by atoms with Crippen LogP contribution in [0.5, 0.6) is 5.75 Å². The lowest BCUT2D eigenvalue weighted by molar-refractivity contribution is -0.274. The number of rotatable bonds is 6. The first-order valence-corrected chi connectivity index (χ1v) is 8.15. The molecule has 0 unspecified atom stereocenters. The van der Waals surface area contributed by atoms with Crippen molar-refractivity contribution in [1.29, 1.82) is 0 Å². The third kappa shape index (κ3) is 4.49.